The normalized spacial score (nSPS) is 11.5. The Bertz CT molecular complexity index is 3640. The van der Waals surface area contributed by atoms with Gasteiger partial charge < -0.3 is 4.57 Å². The summed E-state index contributed by atoms with van der Waals surface area (Å²) >= 11 is 0. The van der Waals surface area contributed by atoms with Crippen molar-refractivity contribution in [2.24, 2.45) is 0 Å². The van der Waals surface area contributed by atoms with Crippen molar-refractivity contribution >= 4 is 43.5 Å². The van der Waals surface area contributed by atoms with Crippen molar-refractivity contribution in [3.8, 4) is 73.4 Å². The largest absolute Gasteiger partial charge is 0.309 e. The first-order valence-corrected chi connectivity index (χ1v) is 21.2. The molecule has 5 heteroatoms. The molecule has 3 heterocycles. The summed E-state index contributed by atoms with van der Waals surface area (Å²) in [6.45, 7) is 0. The Morgan fingerprint density at radius 3 is 1.52 bits per heavy atom. The SMILES string of the molecule is c1ccc(-c2cccc(-c3nc(-c4ccccc4)nc(-c4ccc(-c5cccc6c7cc8c(-c9ccccc9)nc9ccccc9c8cc7n(-c7ccccc7)c56)cc4)n3)c2)cc1. The lowest BCUT2D eigenvalue weighted by molar-refractivity contribution is 1.07. The number of hydrogen-bond acceptors (Lipinski definition) is 4. The van der Waals surface area contributed by atoms with E-state index in [1.165, 1.54) is 16.2 Å². The fourth-order valence-corrected chi connectivity index (χ4v) is 9.02. The molecule has 0 saturated carbocycles. The van der Waals surface area contributed by atoms with Crippen LogP contribution in [0.2, 0.25) is 0 Å². The van der Waals surface area contributed by atoms with Gasteiger partial charge in [0, 0.05) is 55.0 Å². The summed E-state index contributed by atoms with van der Waals surface area (Å²) in [5.41, 5.74) is 13.7. The Kier molecular flexibility index (Phi) is 8.75. The van der Waals surface area contributed by atoms with E-state index in [9.17, 15) is 0 Å². The van der Waals surface area contributed by atoms with E-state index in [2.05, 4.69) is 193 Å². The van der Waals surface area contributed by atoms with Crippen LogP contribution in [0.15, 0.2) is 224 Å². The third-order valence-corrected chi connectivity index (χ3v) is 12.0. The lowest BCUT2D eigenvalue weighted by atomic mass is 9.97. The topological polar surface area (TPSA) is 56.5 Å². The van der Waals surface area contributed by atoms with Gasteiger partial charge in [0.05, 0.1) is 22.2 Å². The fourth-order valence-electron chi connectivity index (χ4n) is 9.02. The summed E-state index contributed by atoms with van der Waals surface area (Å²) in [7, 11) is 0. The molecule has 63 heavy (non-hydrogen) atoms. The molecule has 294 valence electrons. The van der Waals surface area contributed by atoms with Crippen LogP contribution in [-0.4, -0.2) is 24.5 Å². The molecule has 0 N–H and O–H groups in total. The van der Waals surface area contributed by atoms with E-state index >= 15 is 0 Å². The quantitative estimate of drug-likeness (QED) is 0.151. The summed E-state index contributed by atoms with van der Waals surface area (Å²) in [6.07, 6.45) is 0. The van der Waals surface area contributed by atoms with Gasteiger partial charge in [-0.2, -0.15) is 0 Å². The molecule has 0 aliphatic rings. The summed E-state index contributed by atoms with van der Waals surface area (Å²) in [6, 6.07) is 78.7. The van der Waals surface area contributed by atoms with Crippen LogP contribution >= 0.6 is 0 Å². The van der Waals surface area contributed by atoms with E-state index in [1.807, 2.05) is 36.4 Å². The molecule has 0 unspecified atom stereocenters. The third-order valence-electron chi connectivity index (χ3n) is 12.0. The van der Waals surface area contributed by atoms with Crippen molar-refractivity contribution in [3.63, 3.8) is 0 Å². The zero-order chi connectivity index (χ0) is 41.7. The maximum absolute atomic E-state index is 5.26. The van der Waals surface area contributed by atoms with E-state index in [-0.39, 0.29) is 0 Å². The van der Waals surface area contributed by atoms with Gasteiger partial charge in [0.1, 0.15) is 0 Å². The second kappa shape index (κ2) is 15.2. The van der Waals surface area contributed by atoms with Crippen LogP contribution in [0.5, 0.6) is 0 Å². The lowest BCUT2D eigenvalue weighted by Gasteiger charge is -2.13. The Morgan fingerprint density at radius 1 is 0.286 bits per heavy atom. The van der Waals surface area contributed by atoms with E-state index in [0.717, 1.165) is 83.2 Å². The molecule has 12 rings (SSSR count). The molecule has 5 nitrogen and oxygen atoms in total. The van der Waals surface area contributed by atoms with Crippen LogP contribution in [0.1, 0.15) is 0 Å². The summed E-state index contributed by atoms with van der Waals surface area (Å²) in [5.74, 6) is 1.88. The van der Waals surface area contributed by atoms with Gasteiger partial charge in [-0.05, 0) is 58.5 Å². The van der Waals surface area contributed by atoms with Gasteiger partial charge in [0.15, 0.2) is 17.5 Å². The van der Waals surface area contributed by atoms with Gasteiger partial charge >= 0.3 is 0 Å². The molecule has 0 aliphatic carbocycles. The highest BCUT2D eigenvalue weighted by molar-refractivity contribution is 6.21. The molecular weight excluding hydrogens is 767 g/mol. The van der Waals surface area contributed by atoms with Crippen molar-refractivity contribution in [2.75, 3.05) is 0 Å². The minimum atomic E-state index is 0.619. The van der Waals surface area contributed by atoms with Crippen LogP contribution in [0, 0.1) is 0 Å². The highest BCUT2D eigenvalue weighted by atomic mass is 15.0. The summed E-state index contributed by atoms with van der Waals surface area (Å²) in [5, 5.41) is 5.80. The molecule has 0 saturated heterocycles. The van der Waals surface area contributed by atoms with Crippen LogP contribution in [0.3, 0.4) is 0 Å². The van der Waals surface area contributed by atoms with Crippen LogP contribution < -0.4 is 0 Å². The van der Waals surface area contributed by atoms with Crippen molar-refractivity contribution in [1.29, 1.82) is 0 Å². The van der Waals surface area contributed by atoms with Gasteiger partial charge in [-0.15, -0.1) is 0 Å². The zero-order valence-corrected chi connectivity index (χ0v) is 34.1. The molecule has 0 atom stereocenters. The second-order valence-electron chi connectivity index (χ2n) is 15.8. The first kappa shape index (κ1) is 36.3. The number of benzene rings is 9. The van der Waals surface area contributed by atoms with Gasteiger partial charge in [0.25, 0.3) is 0 Å². The maximum Gasteiger partial charge on any atom is 0.164 e. The molecule has 0 fully saturated rings. The average Bonchev–Trinajstić information content (AvgIpc) is 3.70. The number of pyridine rings is 1. The second-order valence-corrected chi connectivity index (χ2v) is 15.8. The molecule has 12 aromatic rings. The average molecular weight is 804 g/mol. The predicted molar refractivity (Wildman–Crippen MR) is 260 cm³/mol. The molecule has 0 bridgehead atoms. The molecule has 0 aliphatic heterocycles. The number of fused-ring (bicyclic) bond motifs is 6. The van der Waals surface area contributed by atoms with Gasteiger partial charge in [-0.25, -0.2) is 19.9 Å². The van der Waals surface area contributed by atoms with Crippen LogP contribution in [-0.2, 0) is 0 Å². The molecular formula is C58H37N5. The highest BCUT2D eigenvalue weighted by Gasteiger charge is 2.21. The van der Waals surface area contributed by atoms with Crippen molar-refractivity contribution < 1.29 is 0 Å². The van der Waals surface area contributed by atoms with E-state index in [0.29, 0.717) is 17.5 Å². The Balaban J connectivity index is 1.04. The van der Waals surface area contributed by atoms with Crippen LogP contribution in [0.25, 0.3) is 117 Å². The zero-order valence-electron chi connectivity index (χ0n) is 34.1. The van der Waals surface area contributed by atoms with Gasteiger partial charge in [-0.1, -0.05) is 188 Å². The minimum absolute atomic E-state index is 0.619. The molecule has 3 aromatic heterocycles. The Hall–Kier alpha value is -8.54. The van der Waals surface area contributed by atoms with E-state index < -0.39 is 0 Å². The first-order chi connectivity index (χ1) is 31.2. The molecule has 0 radical (unpaired) electrons. The minimum Gasteiger partial charge on any atom is -0.309 e. The maximum atomic E-state index is 5.26. The van der Waals surface area contributed by atoms with Crippen LogP contribution in [0.4, 0.5) is 0 Å². The van der Waals surface area contributed by atoms with Crippen molar-refractivity contribution in [2.45, 2.75) is 0 Å². The number of aromatic nitrogens is 5. The predicted octanol–water partition coefficient (Wildman–Crippen LogP) is 14.7. The summed E-state index contributed by atoms with van der Waals surface area (Å²) in [4.78, 5) is 20.5. The first-order valence-electron chi connectivity index (χ1n) is 21.2. The smallest absolute Gasteiger partial charge is 0.164 e. The third kappa shape index (κ3) is 6.42. The standard InChI is InChI=1S/C58H37N5/c1-5-17-38(18-6-1)43-23-15-24-44(35-43)58-61-56(41-21-9-3-10-22-41)60-57(62-58)42-33-31-39(32-34-42)46-28-16-29-48-50-36-51-49(37-53(50)63(55(46)48)45-25-11-4-12-26-45)47-27-13-14-30-52(47)59-54(51)40-19-7-2-8-20-40/h1-37H. The number of nitrogens with zero attached hydrogens (tertiary/aromatic N) is 5. The number of hydrogen-bond donors (Lipinski definition) is 0. The fraction of sp³-hybridized carbons (Fsp3) is 0. The Morgan fingerprint density at radius 2 is 0.810 bits per heavy atom. The summed E-state index contributed by atoms with van der Waals surface area (Å²) < 4.78 is 2.43. The highest BCUT2D eigenvalue weighted by Crippen LogP contribution is 2.43. The number of rotatable bonds is 7. The van der Waals surface area contributed by atoms with Crippen molar-refractivity contribution in [1.82, 2.24) is 24.5 Å². The Labute approximate surface area is 364 Å². The van der Waals surface area contributed by atoms with Crippen molar-refractivity contribution in [3.05, 3.63) is 224 Å². The number of para-hydroxylation sites is 3. The monoisotopic (exact) mass is 803 g/mol. The molecule has 9 aromatic carbocycles. The lowest BCUT2D eigenvalue weighted by Crippen LogP contribution is -2.00. The van der Waals surface area contributed by atoms with E-state index in [1.54, 1.807) is 0 Å². The van der Waals surface area contributed by atoms with Gasteiger partial charge in [-0.3, -0.25) is 0 Å². The molecule has 0 spiro atoms. The van der Waals surface area contributed by atoms with Gasteiger partial charge in [0.2, 0.25) is 0 Å². The molecule has 0 amide bonds. The van der Waals surface area contributed by atoms with E-state index in [4.69, 9.17) is 19.9 Å².